The number of anilines is 1. The van der Waals surface area contributed by atoms with Gasteiger partial charge in [-0.2, -0.15) is 13.2 Å². The van der Waals surface area contributed by atoms with Crippen molar-refractivity contribution in [3.05, 3.63) is 57.6 Å². The maximum absolute atomic E-state index is 12.8. The quantitative estimate of drug-likeness (QED) is 0.640. The van der Waals surface area contributed by atoms with Crippen molar-refractivity contribution in [2.45, 2.75) is 18.0 Å². The number of halogens is 5. The van der Waals surface area contributed by atoms with Gasteiger partial charge in [0, 0.05) is 15.6 Å². The van der Waals surface area contributed by atoms with E-state index in [1.54, 1.807) is 18.2 Å². The first-order chi connectivity index (χ1) is 11.2. The van der Waals surface area contributed by atoms with Crippen LogP contribution in [0, 0.1) is 6.92 Å². The molecular weight excluding hydrogens is 382 g/mol. The van der Waals surface area contributed by atoms with Gasteiger partial charge in [-0.05, 0) is 42.8 Å². The van der Waals surface area contributed by atoms with Crippen molar-refractivity contribution in [2.24, 2.45) is 0 Å². The van der Waals surface area contributed by atoms with Crippen LogP contribution in [-0.4, -0.2) is 11.7 Å². The van der Waals surface area contributed by atoms with Gasteiger partial charge in [-0.15, -0.1) is 11.8 Å². The van der Waals surface area contributed by atoms with Crippen molar-refractivity contribution < 1.29 is 18.0 Å². The van der Waals surface area contributed by atoms with Crippen LogP contribution in [0.15, 0.2) is 41.3 Å². The van der Waals surface area contributed by atoms with E-state index in [1.165, 1.54) is 12.1 Å². The molecule has 1 amide bonds. The van der Waals surface area contributed by atoms with Gasteiger partial charge in [-0.3, -0.25) is 4.79 Å². The number of hydrogen-bond donors (Lipinski definition) is 1. The van der Waals surface area contributed by atoms with Gasteiger partial charge >= 0.3 is 6.18 Å². The fourth-order valence-electron chi connectivity index (χ4n) is 1.83. The van der Waals surface area contributed by atoms with Crippen LogP contribution in [0.4, 0.5) is 18.9 Å². The molecule has 0 unspecified atom stereocenters. The third-order valence-electron chi connectivity index (χ3n) is 3.07. The summed E-state index contributed by atoms with van der Waals surface area (Å²) in [6, 6.07) is 8.63. The molecule has 0 atom stereocenters. The summed E-state index contributed by atoms with van der Waals surface area (Å²) in [4.78, 5) is 12.2. The van der Waals surface area contributed by atoms with E-state index in [0.29, 0.717) is 15.6 Å². The summed E-state index contributed by atoms with van der Waals surface area (Å²) >= 11 is 12.5. The molecule has 0 aromatic heterocycles. The number of amides is 1. The van der Waals surface area contributed by atoms with Gasteiger partial charge in [0.2, 0.25) is 5.91 Å². The number of nitrogens with one attached hydrogen (secondary N) is 1. The number of carbonyl (C=O) groups excluding carboxylic acids is 1. The van der Waals surface area contributed by atoms with E-state index in [9.17, 15) is 18.0 Å². The number of benzene rings is 2. The zero-order chi connectivity index (χ0) is 17.9. The molecule has 0 fully saturated rings. The Morgan fingerprint density at radius 1 is 1.12 bits per heavy atom. The highest BCUT2D eigenvalue weighted by molar-refractivity contribution is 8.00. The summed E-state index contributed by atoms with van der Waals surface area (Å²) in [5, 5.41) is 2.80. The van der Waals surface area contributed by atoms with Gasteiger partial charge in [-0.25, -0.2) is 0 Å². The van der Waals surface area contributed by atoms with Crippen LogP contribution >= 0.6 is 35.0 Å². The highest BCUT2D eigenvalue weighted by atomic mass is 35.5. The van der Waals surface area contributed by atoms with E-state index in [0.717, 1.165) is 23.4 Å². The minimum Gasteiger partial charge on any atom is -0.325 e. The summed E-state index contributed by atoms with van der Waals surface area (Å²) in [7, 11) is 0. The maximum atomic E-state index is 12.8. The molecule has 2 nitrogen and oxygen atoms in total. The van der Waals surface area contributed by atoms with E-state index in [-0.39, 0.29) is 16.7 Å². The first-order valence-electron chi connectivity index (χ1n) is 6.72. The van der Waals surface area contributed by atoms with E-state index >= 15 is 0 Å². The van der Waals surface area contributed by atoms with E-state index in [2.05, 4.69) is 5.32 Å². The fourth-order valence-corrected chi connectivity index (χ4v) is 2.97. The molecule has 0 radical (unpaired) electrons. The maximum Gasteiger partial charge on any atom is 0.417 e. The molecule has 0 spiro atoms. The van der Waals surface area contributed by atoms with Crippen molar-refractivity contribution in [1.82, 2.24) is 0 Å². The molecule has 2 aromatic carbocycles. The Morgan fingerprint density at radius 2 is 1.83 bits per heavy atom. The predicted octanol–water partition coefficient (Wildman–Crippen LogP) is 6.05. The number of aryl methyl sites for hydroxylation is 1. The van der Waals surface area contributed by atoms with Gasteiger partial charge in [0.15, 0.2) is 0 Å². The van der Waals surface area contributed by atoms with E-state index in [4.69, 9.17) is 23.2 Å². The second-order valence-corrected chi connectivity index (χ2v) is 6.80. The lowest BCUT2D eigenvalue weighted by atomic mass is 10.2. The molecule has 24 heavy (non-hydrogen) atoms. The molecular formula is C16H12Cl2F3NOS. The Bertz CT molecular complexity index is 765. The van der Waals surface area contributed by atoms with Crippen LogP contribution in [0.3, 0.4) is 0 Å². The second-order valence-electron chi connectivity index (χ2n) is 4.94. The summed E-state index contributed by atoms with van der Waals surface area (Å²) in [6.07, 6.45) is -4.53. The summed E-state index contributed by atoms with van der Waals surface area (Å²) in [6.45, 7) is 1.84. The van der Waals surface area contributed by atoms with Gasteiger partial charge in [0.25, 0.3) is 0 Å². The minimum atomic E-state index is -4.53. The lowest BCUT2D eigenvalue weighted by Crippen LogP contribution is -2.14. The molecule has 0 bridgehead atoms. The molecule has 0 aliphatic carbocycles. The van der Waals surface area contributed by atoms with Crippen molar-refractivity contribution in [2.75, 3.05) is 11.1 Å². The summed E-state index contributed by atoms with van der Waals surface area (Å²) in [5.41, 5.74) is 0.494. The average Bonchev–Trinajstić information content (AvgIpc) is 2.49. The third kappa shape index (κ3) is 5.06. The lowest BCUT2D eigenvalue weighted by Gasteiger charge is -2.11. The van der Waals surface area contributed by atoms with Crippen LogP contribution in [0.1, 0.15) is 11.1 Å². The van der Waals surface area contributed by atoms with Gasteiger partial charge in [0.05, 0.1) is 16.3 Å². The average molecular weight is 394 g/mol. The molecule has 0 heterocycles. The van der Waals surface area contributed by atoms with E-state index in [1.807, 2.05) is 6.92 Å². The first kappa shape index (κ1) is 19.0. The van der Waals surface area contributed by atoms with Gasteiger partial charge < -0.3 is 5.32 Å². The number of carbonyl (C=O) groups is 1. The number of rotatable bonds is 4. The smallest absolute Gasteiger partial charge is 0.325 e. The molecule has 0 aliphatic rings. The van der Waals surface area contributed by atoms with E-state index < -0.39 is 11.7 Å². The van der Waals surface area contributed by atoms with Crippen LogP contribution in [-0.2, 0) is 11.0 Å². The number of hydrogen-bond acceptors (Lipinski definition) is 2. The molecule has 0 saturated heterocycles. The van der Waals surface area contributed by atoms with Crippen LogP contribution in [0.25, 0.3) is 0 Å². The van der Waals surface area contributed by atoms with Crippen LogP contribution in [0.2, 0.25) is 10.0 Å². The third-order valence-corrected chi connectivity index (χ3v) is 4.80. The number of thioether (sulfide) groups is 1. The van der Waals surface area contributed by atoms with Crippen molar-refractivity contribution in [3.63, 3.8) is 0 Å². The second kappa shape index (κ2) is 7.68. The Morgan fingerprint density at radius 3 is 2.46 bits per heavy atom. The first-order valence-corrected chi connectivity index (χ1v) is 8.46. The van der Waals surface area contributed by atoms with Crippen molar-refractivity contribution >= 4 is 46.6 Å². The SMILES string of the molecule is Cc1ccc(NC(=O)CSc2ccc(Cl)c(C(F)(F)F)c2)cc1Cl. The highest BCUT2D eigenvalue weighted by Crippen LogP contribution is 2.37. The molecule has 128 valence electrons. The van der Waals surface area contributed by atoms with Gasteiger partial charge in [0.1, 0.15) is 0 Å². The lowest BCUT2D eigenvalue weighted by molar-refractivity contribution is -0.137. The zero-order valence-electron chi connectivity index (χ0n) is 12.4. The van der Waals surface area contributed by atoms with Crippen molar-refractivity contribution in [3.8, 4) is 0 Å². The summed E-state index contributed by atoms with van der Waals surface area (Å²) < 4.78 is 38.4. The fraction of sp³-hybridized carbons (Fsp3) is 0.188. The molecule has 2 rings (SSSR count). The molecule has 0 saturated carbocycles. The highest BCUT2D eigenvalue weighted by Gasteiger charge is 2.33. The van der Waals surface area contributed by atoms with Gasteiger partial charge in [-0.1, -0.05) is 29.3 Å². The monoisotopic (exact) mass is 393 g/mol. The normalized spacial score (nSPS) is 11.4. The molecule has 0 aliphatic heterocycles. The topological polar surface area (TPSA) is 29.1 Å². The largest absolute Gasteiger partial charge is 0.417 e. The Kier molecular flexibility index (Phi) is 6.06. The number of alkyl halides is 3. The minimum absolute atomic E-state index is 0.0373. The molecule has 2 aromatic rings. The molecule has 8 heteroatoms. The Labute approximate surface area is 151 Å². The standard InChI is InChI=1S/C16H12Cl2F3NOS/c1-9-2-3-10(6-14(9)18)22-15(23)8-24-11-4-5-13(17)12(7-11)16(19,20)21/h2-7H,8H2,1H3,(H,22,23). The summed E-state index contributed by atoms with van der Waals surface area (Å²) in [5.74, 6) is -0.381. The Hall–Kier alpha value is -1.37. The predicted molar refractivity (Wildman–Crippen MR) is 92.0 cm³/mol. The van der Waals surface area contributed by atoms with Crippen LogP contribution < -0.4 is 5.32 Å². The Balaban J connectivity index is 2.00. The molecule has 1 N–H and O–H groups in total. The van der Waals surface area contributed by atoms with Crippen molar-refractivity contribution in [1.29, 1.82) is 0 Å². The van der Waals surface area contributed by atoms with Crippen LogP contribution in [0.5, 0.6) is 0 Å². The zero-order valence-corrected chi connectivity index (χ0v) is 14.7.